The van der Waals surface area contributed by atoms with E-state index in [0.717, 1.165) is 19.6 Å². The monoisotopic (exact) mass is 209 g/mol. The summed E-state index contributed by atoms with van der Waals surface area (Å²) >= 11 is 5.30. The number of halogens is 1. The van der Waals surface area contributed by atoms with Crippen LogP contribution < -0.4 is 0 Å². The first-order chi connectivity index (χ1) is 6.75. The fourth-order valence-electron chi connectivity index (χ4n) is 1.81. The molecule has 0 aliphatic carbocycles. The van der Waals surface area contributed by atoms with Crippen molar-refractivity contribution in [2.45, 2.75) is 19.5 Å². The van der Waals surface area contributed by atoms with Crippen molar-refractivity contribution in [3.05, 3.63) is 35.4 Å². The topological polar surface area (TPSA) is 20.3 Å². The molecular formula is C11H12ClNO. The van der Waals surface area contributed by atoms with E-state index in [1.54, 1.807) is 0 Å². The van der Waals surface area contributed by atoms with Crippen LogP contribution in [0.5, 0.6) is 0 Å². The van der Waals surface area contributed by atoms with Crippen molar-refractivity contribution in [2.24, 2.45) is 0 Å². The van der Waals surface area contributed by atoms with Crippen molar-refractivity contribution in [2.75, 3.05) is 6.54 Å². The van der Waals surface area contributed by atoms with Crippen molar-refractivity contribution in [3.63, 3.8) is 0 Å². The number of hydrogen-bond acceptors (Lipinski definition) is 2. The first kappa shape index (κ1) is 9.69. The first-order valence-corrected chi connectivity index (χ1v) is 5.11. The first-order valence-electron chi connectivity index (χ1n) is 4.73. The van der Waals surface area contributed by atoms with Crippen molar-refractivity contribution in [3.8, 4) is 0 Å². The molecule has 1 aliphatic heterocycles. The summed E-state index contributed by atoms with van der Waals surface area (Å²) in [5, 5.41) is -0.249. The average molecular weight is 210 g/mol. The van der Waals surface area contributed by atoms with Crippen LogP contribution in [0.2, 0.25) is 0 Å². The van der Waals surface area contributed by atoms with Gasteiger partial charge in [-0.15, -0.1) is 0 Å². The number of hydrogen-bond donors (Lipinski definition) is 0. The van der Waals surface area contributed by atoms with Crippen LogP contribution in [0, 0.1) is 0 Å². The van der Waals surface area contributed by atoms with E-state index < -0.39 is 0 Å². The average Bonchev–Trinajstić information content (AvgIpc) is 2.57. The minimum atomic E-state index is -0.249. The van der Waals surface area contributed by atoms with Crippen molar-refractivity contribution >= 4 is 16.8 Å². The normalized spacial score (nSPS) is 15.5. The zero-order chi connectivity index (χ0) is 9.97. The SMILES string of the molecule is O=C(Cl)CCN1Cc2ccccc2C1. The second-order valence-electron chi connectivity index (χ2n) is 3.58. The van der Waals surface area contributed by atoms with Gasteiger partial charge in [0, 0.05) is 26.1 Å². The van der Waals surface area contributed by atoms with Crippen LogP contribution in [0.1, 0.15) is 17.5 Å². The molecule has 0 radical (unpaired) electrons. The van der Waals surface area contributed by atoms with Crippen LogP contribution >= 0.6 is 11.6 Å². The predicted molar refractivity (Wildman–Crippen MR) is 56.0 cm³/mol. The fraction of sp³-hybridized carbons (Fsp3) is 0.364. The Labute approximate surface area is 88.5 Å². The van der Waals surface area contributed by atoms with Gasteiger partial charge in [0.15, 0.2) is 0 Å². The maximum atomic E-state index is 10.6. The van der Waals surface area contributed by atoms with Gasteiger partial charge in [-0.05, 0) is 22.7 Å². The Morgan fingerprint density at radius 1 is 1.29 bits per heavy atom. The maximum Gasteiger partial charge on any atom is 0.222 e. The van der Waals surface area contributed by atoms with Gasteiger partial charge >= 0.3 is 0 Å². The number of carbonyl (C=O) groups is 1. The third-order valence-corrected chi connectivity index (χ3v) is 2.72. The van der Waals surface area contributed by atoms with E-state index >= 15 is 0 Å². The summed E-state index contributed by atoms with van der Waals surface area (Å²) < 4.78 is 0. The fourth-order valence-corrected chi connectivity index (χ4v) is 1.89. The van der Waals surface area contributed by atoms with E-state index in [1.165, 1.54) is 11.1 Å². The minimum absolute atomic E-state index is 0.249. The lowest BCUT2D eigenvalue weighted by Gasteiger charge is -2.12. The van der Waals surface area contributed by atoms with Gasteiger partial charge in [-0.25, -0.2) is 0 Å². The zero-order valence-corrected chi connectivity index (χ0v) is 8.63. The molecule has 1 heterocycles. The van der Waals surface area contributed by atoms with Crippen LogP contribution in [-0.4, -0.2) is 16.7 Å². The van der Waals surface area contributed by atoms with Gasteiger partial charge in [0.1, 0.15) is 0 Å². The number of carbonyl (C=O) groups excluding carboxylic acids is 1. The second-order valence-corrected chi connectivity index (χ2v) is 4.01. The van der Waals surface area contributed by atoms with E-state index in [0.29, 0.717) is 6.42 Å². The quantitative estimate of drug-likeness (QED) is 0.712. The van der Waals surface area contributed by atoms with Gasteiger partial charge in [-0.2, -0.15) is 0 Å². The zero-order valence-electron chi connectivity index (χ0n) is 7.87. The van der Waals surface area contributed by atoms with Crippen LogP contribution in [0.15, 0.2) is 24.3 Å². The number of nitrogens with zero attached hydrogens (tertiary/aromatic N) is 1. The van der Waals surface area contributed by atoms with Gasteiger partial charge in [0.25, 0.3) is 0 Å². The molecule has 0 saturated heterocycles. The molecule has 0 unspecified atom stereocenters. The van der Waals surface area contributed by atoms with Crippen molar-refractivity contribution in [1.29, 1.82) is 0 Å². The maximum absolute atomic E-state index is 10.6. The molecule has 3 heteroatoms. The molecule has 0 fully saturated rings. The second kappa shape index (κ2) is 4.11. The number of rotatable bonds is 3. The largest absolute Gasteiger partial charge is 0.294 e. The molecule has 0 bridgehead atoms. The lowest BCUT2D eigenvalue weighted by Crippen LogP contribution is -2.18. The summed E-state index contributed by atoms with van der Waals surface area (Å²) in [6.07, 6.45) is 0.440. The molecule has 2 nitrogen and oxygen atoms in total. The summed E-state index contributed by atoms with van der Waals surface area (Å²) in [7, 11) is 0. The number of benzene rings is 1. The van der Waals surface area contributed by atoms with Crippen molar-refractivity contribution in [1.82, 2.24) is 4.90 Å². The molecule has 0 N–H and O–H groups in total. The van der Waals surface area contributed by atoms with Gasteiger partial charge in [-0.1, -0.05) is 24.3 Å². The van der Waals surface area contributed by atoms with E-state index in [9.17, 15) is 4.79 Å². The standard InChI is InChI=1S/C11H12ClNO/c12-11(14)5-6-13-7-9-3-1-2-4-10(9)8-13/h1-4H,5-8H2. The third kappa shape index (κ3) is 2.14. The lowest BCUT2D eigenvalue weighted by molar-refractivity contribution is -0.112. The van der Waals surface area contributed by atoms with Crippen molar-refractivity contribution < 1.29 is 4.79 Å². The summed E-state index contributed by atoms with van der Waals surface area (Å²) in [6, 6.07) is 8.37. The Bertz CT molecular complexity index is 326. The van der Waals surface area contributed by atoms with E-state index in [-0.39, 0.29) is 5.24 Å². The van der Waals surface area contributed by atoms with Crippen LogP contribution in [0.3, 0.4) is 0 Å². The molecule has 14 heavy (non-hydrogen) atoms. The Morgan fingerprint density at radius 2 is 1.86 bits per heavy atom. The number of fused-ring (bicyclic) bond motifs is 1. The summed E-state index contributed by atoms with van der Waals surface area (Å²) in [6.45, 7) is 2.65. The molecule has 1 aromatic carbocycles. The van der Waals surface area contributed by atoms with Gasteiger partial charge in [0.2, 0.25) is 5.24 Å². The highest BCUT2D eigenvalue weighted by Gasteiger charge is 2.17. The highest BCUT2D eigenvalue weighted by molar-refractivity contribution is 6.63. The summed E-state index contributed by atoms with van der Waals surface area (Å²) in [5.74, 6) is 0. The highest BCUT2D eigenvalue weighted by atomic mass is 35.5. The Morgan fingerprint density at radius 3 is 2.36 bits per heavy atom. The summed E-state index contributed by atoms with van der Waals surface area (Å²) in [4.78, 5) is 12.9. The molecule has 1 aromatic rings. The van der Waals surface area contributed by atoms with Crippen LogP contribution in [0.25, 0.3) is 0 Å². The molecule has 74 valence electrons. The molecular weight excluding hydrogens is 198 g/mol. The molecule has 0 atom stereocenters. The molecule has 0 saturated carbocycles. The summed E-state index contributed by atoms with van der Waals surface area (Å²) in [5.41, 5.74) is 2.74. The predicted octanol–water partition coefficient (Wildman–Crippen LogP) is 2.16. The lowest BCUT2D eigenvalue weighted by atomic mass is 10.1. The van der Waals surface area contributed by atoms with E-state index in [2.05, 4.69) is 29.2 Å². The highest BCUT2D eigenvalue weighted by Crippen LogP contribution is 2.21. The van der Waals surface area contributed by atoms with Crippen LogP contribution in [0.4, 0.5) is 0 Å². The van der Waals surface area contributed by atoms with Crippen LogP contribution in [-0.2, 0) is 17.9 Å². The third-order valence-electron chi connectivity index (χ3n) is 2.53. The minimum Gasteiger partial charge on any atom is -0.294 e. The molecule has 1 aliphatic rings. The molecule has 0 spiro atoms. The Hall–Kier alpha value is -0.860. The molecule has 0 amide bonds. The van der Waals surface area contributed by atoms with Gasteiger partial charge in [-0.3, -0.25) is 9.69 Å². The smallest absolute Gasteiger partial charge is 0.222 e. The Kier molecular flexibility index (Phi) is 2.85. The Balaban J connectivity index is 1.95. The van der Waals surface area contributed by atoms with E-state index in [1.807, 2.05) is 0 Å². The van der Waals surface area contributed by atoms with Gasteiger partial charge in [0.05, 0.1) is 0 Å². The molecule has 0 aromatic heterocycles. The van der Waals surface area contributed by atoms with E-state index in [4.69, 9.17) is 11.6 Å². The molecule has 2 rings (SSSR count). The van der Waals surface area contributed by atoms with Gasteiger partial charge < -0.3 is 0 Å².